The molecule has 1 unspecified atom stereocenters. The van der Waals surface area contributed by atoms with E-state index >= 15 is 0 Å². The van der Waals surface area contributed by atoms with Gasteiger partial charge in [-0.3, -0.25) is 9.69 Å². The Morgan fingerprint density at radius 2 is 1.88 bits per heavy atom. The van der Waals surface area contributed by atoms with Gasteiger partial charge in [0.15, 0.2) is 0 Å². The SMILES string of the molecule is O=C1NCCN(C(=O)OCc2ccccc2)C1c1ccc(F)cc1. The van der Waals surface area contributed by atoms with Crippen LogP contribution in [-0.2, 0) is 16.1 Å². The van der Waals surface area contributed by atoms with E-state index in [4.69, 9.17) is 4.74 Å². The highest BCUT2D eigenvalue weighted by atomic mass is 19.1. The molecule has 0 saturated carbocycles. The van der Waals surface area contributed by atoms with Gasteiger partial charge in [-0.25, -0.2) is 9.18 Å². The van der Waals surface area contributed by atoms with E-state index in [0.717, 1.165) is 5.56 Å². The topological polar surface area (TPSA) is 58.6 Å². The lowest BCUT2D eigenvalue weighted by Gasteiger charge is -2.34. The van der Waals surface area contributed by atoms with Crippen molar-refractivity contribution in [2.24, 2.45) is 0 Å². The number of hydrogen-bond donors (Lipinski definition) is 1. The molecule has 2 amide bonds. The highest BCUT2D eigenvalue weighted by Crippen LogP contribution is 2.24. The number of carbonyl (C=O) groups excluding carboxylic acids is 2. The number of ether oxygens (including phenoxy) is 1. The molecule has 0 aromatic heterocycles. The van der Waals surface area contributed by atoms with E-state index in [1.165, 1.54) is 29.2 Å². The average Bonchev–Trinajstić information content (AvgIpc) is 2.61. The zero-order valence-corrected chi connectivity index (χ0v) is 12.9. The third-order valence-electron chi connectivity index (χ3n) is 3.84. The van der Waals surface area contributed by atoms with Gasteiger partial charge in [0.05, 0.1) is 0 Å². The fourth-order valence-electron chi connectivity index (χ4n) is 2.64. The lowest BCUT2D eigenvalue weighted by Crippen LogP contribution is -2.52. The molecule has 1 saturated heterocycles. The summed E-state index contributed by atoms with van der Waals surface area (Å²) in [6.07, 6.45) is -0.567. The lowest BCUT2D eigenvalue weighted by atomic mass is 10.0. The number of benzene rings is 2. The summed E-state index contributed by atoms with van der Waals surface area (Å²) >= 11 is 0. The first-order chi connectivity index (χ1) is 11.6. The highest BCUT2D eigenvalue weighted by Gasteiger charge is 2.35. The Morgan fingerprint density at radius 1 is 1.17 bits per heavy atom. The molecule has 6 heteroatoms. The van der Waals surface area contributed by atoms with Crippen molar-refractivity contribution in [3.63, 3.8) is 0 Å². The largest absolute Gasteiger partial charge is 0.445 e. The second-order valence-corrected chi connectivity index (χ2v) is 5.48. The van der Waals surface area contributed by atoms with E-state index in [-0.39, 0.29) is 12.5 Å². The second kappa shape index (κ2) is 7.12. The summed E-state index contributed by atoms with van der Waals surface area (Å²) in [5, 5.41) is 2.72. The van der Waals surface area contributed by atoms with Crippen molar-refractivity contribution in [2.75, 3.05) is 13.1 Å². The van der Waals surface area contributed by atoms with Crippen LogP contribution in [-0.4, -0.2) is 30.0 Å². The first-order valence-corrected chi connectivity index (χ1v) is 7.65. The van der Waals surface area contributed by atoms with Crippen LogP contribution >= 0.6 is 0 Å². The molecule has 5 nitrogen and oxygen atoms in total. The predicted molar refractivity (Wildman–Crippen MR) is 85.5 cm³/mol. The molecule has 0 radical (unpaired) electrons. The summed E-state index contributed by atoms with van der Waals surface area (Å²) < 4.78 is 18.4. The van der Waals surface area contributed by atoms with Crippen molar-refractivity contribution in [1.82, 2.24) is 10.2 Å². The minimum atomic E-state index is -0.817. The smallest absolute Gasteiger partial charge is 0.411 e. The molecular weight excluding hydrogens is 311 g/mol. The minimum absolute atomic E-state index is 0.133. The minimum Gasteiger partial charge on any atom is -0.445 e. The van der Waals surface area contributed by atoms with Crippen LogP contribution in [0.1, 0.15) is 17.2 Å². The molecule has 1 aliphatic heterocycles. The monoisotopic (exact) mass is 328 g/mol. The van der Waals surface area contributed by atoms with Crippen LogP contribution in [0, 0.1) is 5.82 Å². The number of nitrogens with one attached hydrogen (secondary N) is 1. The van der Waals surface area contributed by atoms with Gasteiger partial charge >= 0.3 is 6.09 Å². The molecule has 124 valence electrons. The summed E-state index contributed by atoms with van der Waals surface area (Å²) in [7, 11) is 0. The third kappa shape index (κ3) is 3.53. The molecule has 3 rings (SSSR count). The van der Waals surface area contributed by atoms with Crippen molar-refractivity contribution >= 4 is 12.0 Å². The zero-order chi connectivity index (χ0) is 16.9. The number of piperazine rings is 1. The Kier molecular flexibility index (Phi) is 4.74. The molecular formula is C18H17FN2O3. The Morgan fingerprint density at radius 3 is 2.58 bits per heavy atom. The summed E-state index contributed by atoms with van der Waals surface area (Å²) in [5.74, 6) is -0.697. The average molecular weight is 328 g/mol. The molecule has 0 spiro atoms. The molecule has 2 aromatic carbocycles. The molecule has 1 heterocycles. The van der Waals surface area contributed by atoms with Gasteiger partial charge in [-0.15, -0.1) is 0 Å². The normalized spacial score (nSPS) is 17.3. The van der Waals surface area contributed by atoms with Gasteiger partial charge in [-0.2, -0.15) is 0 Å². The van der Waals surface area contributed by atoms with E-state index in [0.29, 0.717) is 18.7 Å². The Balaban J connectivity index is 1.74. The van der Waals surface area contributed by atoms with Crippen molar-refractivity contribution in [1.29, 1.82) is 0 Å². The van der Waals surface area contributed by atoms with Crippen LogP contribution in [0.25, 0.3) is 0 Å². The first kappa shape index (κ1) is 16.0. The molecule has 24 heavy (non-hydrogen) atoms. The summed E-state index contributed by atoms with van der Waals surface area (Å²) in [6.45, 7) is 0.826. The molecule has 2 aromatic rings. The fourth-order valence-corrected chi connectivity index (χ4v) is 2.64. The second-order valence-electron chi connectivity index (χ2n) is 5.48. The number of carbonyl (C=O) groups is 2. The van der Waals surface area contributed by atoms with Gasteiger partial charge in [-0.05, 0) is 23.3 Å². The Labute approximate surface area is 139 Å². The van der Waals surface area contributed by atoms with Crippen molar-refractivity contribution in [2.45, 2.75) is 12.6 Å². The molecule has 1 atom stereocenters. The number of nitrogens with zero attached hydrogens (tertiary/aromatic N) is 1. The summed E-state index contributed by atoms with van der Waals surface area (Å²) in [5.41, 5.74) is 1.41. The van der Waals surface area contributed by atoms with Gasteiger partial charge in [-0.1, -0.05) is 42.5 Å². The van der Waals surface area contributed by atoms with E-state index in [1.807, 2.05) is 30.3 Å². The van der Waals surface area contributed by atoms with Crippen LogP contribution in [0.2, 0.25) is 0 Å². The molecule has 0 aliphatic carbocycles. The van der Waals surface area contributed by atoms with Crippen LogP contribution in [0.4, 0.5) is 9.18 Å². The zero-order valence-electron chi connectivity index (χ0n) is 12.9. The maximum atomic E-state index is 13.1. The summed E-state index contributed by atoms with van der Waals surface area (Å²) in [4.78, 5) is 26.0. The fraction of sp³-hybridized carbons (Fsp3) is 0.222. The first-order valence-electron chi connectivity index (χ1n) is 7.65. The molecule has 1 fully saturated rings. The number of hydrogen-bond acceptors (Lipinski definition) is 3. The maximum absolute atomic E-state index is 13.1. The van der Waals surface area contributed by atoms with Crippen LogP contribution in [0.5, 0.6) is 0 Å². The van der Waals surface area contributed by atoms with Crippen LogP contribution in [0.3, 0.4) is 0 Å². The van der Waals surface area contributed by atoms with Gasteiger partial charge in [0.1, 0.15) is 18.5 Å². The highest BCUT2D eigenvalue weighted by molar-refractivity contribution is 5.88. The predicted octanol–water partition coefficient (Wildman–Crippen LogP) is 2.64. The lowest BCUT2D eigenvalue weighted by molar-refractivity contribution is -0.128. The number of rotatable bonds is 3. The van der Waals surface area contributed by atoms with E-state index in [2.05, 4.69) is 5.32 Å². The van der Waals surface area contributed by atoms with Crippen LogP contribution < -0.4 is 5.32 Å². The van der Waals surface area contributed by atoms with Gasteiger partial charge in [0.25, 0.3) is 0 Å². The van der Waals surface area contributed by atoms with E-state index in [9.17, 15) is 14.0 Å². The third-order valence-corrected chi connectivity index (χ3v) is 3.84. The standard InChI is InChI=1S/C18H17FN2O3/c19-15-8-6-14(7-9-15)16-17(22)20-10-11-21(16)18(23)24-12-13-4-2-1-3-5-13/h1-9,16H,10-12H2,(H,20,22). The molecule has 1 aliphatic rings. The van der Waals surface area contributed by atoms with Crippen molar-refractivity contribution < 1.29 is 18.7 Å². The van der Waals surface area contributed by atoms with Gasteiger partial charge < -0.3 is 10.1 Å². The maximum Gasteiger partial charge on any atom is 0.411 e. The van der Waals surface area contributed by atoms with Gasteiger partial charge in [0.2, 0.25) is 5.91 Å². The summed E-state index contributed by atoms with van der Waals surface area (Å²) in [6, 6.07) is 14.0. The van der Waals surface area contributed by atoms with Gasteiger partial charge in [0, 0.05) is 13.1 Å². The van der Waals surface area contributed by atoms with E-state index in [1.54, 1.807) is 0 Å². The van der Waals surface area contributed by atoms with Crippen LogP contribution in [0.15, 0.2) is 54.6 Å². The Bertz CT molecular complexity index is 719. The quantitative estimate of drug-likeness (QED) is 0.942. The number of halogens is 1. The molecule has 1 N–H and O–H groups in total. The van der Waals surface area contributed by atoms with Crippen molar-refractivity contribution in [3.05, 3.63) is 71.5 Å². The number of amides is 2. The van der Waals surface area contributed by atoms with Crippen molar-refractivity contribution in [3.8, 4) is 0 Å². The Hall–Kier alpha value is -2.89. The van der Waals surface area contributed by atoms with E-state index < -0.39 is 18.0 Å². The molecule has 0 bridgehead atoms.